The molecule has 1 heterocycles. The van der Waals surface area contributed by atoms with Crippen molar-refractivity contribution in [2.75, 3.05) is 0 Å². The fourth-order valence-electron chi connectivity index (χ4n) is 1.57. The molecule has 0 N–H and O–H groups in total. The van der Waals surface area contributed by atoms with Crippen LogP contribution >= 0.6 is 15.9 Å². The SMILES string of the molecule is CC(C)(C)c1ccc2occ(Br)c(=O)c2c1. The molecular weight excluding hydrogens is 268 g/mol. The summed E-state index contributed by atoms with van der Waals surface area (Å²) in [6.45, 7) is 6.36. The Bertz CT molecular complexity index is 591. The van der Waals surface area contributed by atoms with Crippen LogP contribution in [-0.2, 0) is 5.41 Å². The molecule has 0 bridgehead atoms. The van der Waals surface area contributed by atoms with Crippen LogP contribution in [0.3, 0.4) is 0 Å². The van der Waals surface area contributed by atoms with Gasteiger partial charge in [0.05, 0.1) is 5.39 Å². The number of halogens is 1. The zero-order valence-corrected chi connectivity index (χ0v) is 11.1. The standard InChI is InChI=1S/C13H13BrO2/c1-13(2,3)8-4-5-11-9(6-8)12(15)10(14)7-16-11/h4-7H,1-3H3. The minimum Gasteiger partial charge on any atom is -0.463 e. The van der Waals surface area contributed by atoms with Crippen molar-refractivity contribution in [3.63, 3.8) is 0 Å². The van der Waals surface area contributed by atoms with Gasteiger partial charge in [-0.1, -0.05) is 26.8 Å². The van der Waals surface area contributed by atoms with Crippen LogP contribution in [0.4, 0.5) is 0 Å². The predicted molar refractivity (Wildman–Crippen MR) is 68.9 cm³/mol. The minimum absolute atomic E-state index is 0.0210. The zero-order valence-electron chi connectivity index (χ0n) is 9.50. The van der Waals surface area contributed by atoms with Gasteiger partial charge < -0.3 is 4.42 Å². The normalized spacial score (nSPS) is 12.0. The Balaban J connectivity index is 2.79. The second-order valence-electron chi connectivity index (χ2n) is 4.87. The third-order valence-corrected chi connectivity index (χ3v) is 3.14. The van der Waals surface area contributed by atoms with E-state index in [0.29, 0.717) is 15.4 Å². The van der Waals surface area contributed by atoms with Gasteiger partial charge in [0.2, 0.25) is 5.43 Å². The van der Waals surface area contributed by atoms with Gasteiger partial charge in [0.15, 0.2) is 0 Å². The maximum absolute atomic E-state index is 11.9. The summed E-state index contributed by atoms with van der Waals surface area (Å²) in [5.74, 6) is 0. The number of benzene rings is 1. The molecule has 0 aliphatic rings. The van der Waals surface area contributed by atoms with E-state index in [-0.39, 0.29) is 10.8 Å². The van der Waals surface area contributed by atoms with Crippen molar-refractivity contribution in [2.45, 2.75) is 26.2 Å². The van der Waals surface area contributed by atoms with E-state index in [2.05, 4.69) is 36.7 Å². The van der Waals surface area contributed by atoms with Crippen molar-refractivity contribution >= 4 is 26.9 Å². The van der Waals surface area contributed by atoms with Gasteiger partial charge in [0.25, 0.3) is 0 Å². The molecule has 0 fully saturated rings. The van der Waals surface area contributed by atoms with Gasteiger partial charge in [0, 0.05) is 0 Å². The van der Waals surface area contributed by atoms with Crippen LogP contribution in [0.15, 0.2) is 38.1 Å². The van der Waals surface area contributed by atoms with Crippen LogP contribution < -0.4 is 5.43 Å². The van der Waals surface area contributed by atoms with Crippen LogP contribution in [0.1, 0.15) is 26.3 Å². The fraction of sp³-hybridized carbons (Fsp3) is 0.308. The Labute approximate surface area is 102 Å². The molecule has 0 aliphatic carbocycles. The first kappa shape index (κ1) is 11.4. The summed E-state index contributed by atoms with van der Waals surface area (Å²) in [7, 11) is 0. The van der Waals surface area contributed by atoms with E-state index in [1.807, 2.05) is 18.2 Å². The van der Waals surface area contributed by atoms with Crippen molar-refractivity contribution in [3.05, 3.63) is 44.7 Å². The largest absolute Gasteiger partial charge is 0.463 e. The first-order chi connectivity index (χ1) is 7.39. The molecule has 3 heteroatoms. The average molecular weight is 281 g/mol. The molecule has 84 valence electrons. The highest BCUT2D eigenvalue weighted by molar-refractivity contribution is 9.10. The fourth-order valence-corrected chi connectivity index (χ4v) is 1.88. The van der Waals surface area contributed by atoms with Crippen molar-refractivity contribution in [2.24, 2.45) is 0 Å². The molecule has 16 heavy (non-hydrogen) atoms. The highest BCUT2D eigenvalue weighted by Gasteiger charge is 2.15. The van der Waals surface area contributed by atoms with Gasteiger partial charge >= 0.3 is 0 Å². The van der Waals surface area contributed by atoms with Gasteiger partial charge in [0.1, 0.15) is 16.3 Å². The third kappa shape index (κ3) is 1.92. The molecule has 0 amide bonds. The summed E-state index contributed by atoms with van der Waals surface area (Å²) in [6.07, 6.45) is 1.43. The van der Waals surface area contributed by atoms with Gasteiger partial charge in [-0.3, -0.25) is 4.79 Å². The molecule has 1 aromatic heterocycles. The second-order valence-corrected chi connectivity index (χ2v) is 5.73. The summed E-state index contributed by atoms with van der Waals surface area (Å²) in [5, 5.41) is 0.627. The molecule has 2 rings (SSSR count). The molecule has 0 atom stereocenters. The maximum Gasteiger partial charge on any atom is 0.206 e. The first-order valence-corrected chi connectivity index (χ1v) is 5.90. The third-order valence-electron chi connectivity index (χ3n) is 2.60. The predicted octanol–water partition coefficient (Wildman–Crippen LogP) is 3.85. The van der Waals surface area contributed by atoms with Crippen LogP contribution in [0, 0.1) is 0 Å². The zero-order chi connectivity index (χ0) is 11.9. The molecule has 0 aliphatic heterocycles. The molecule has 0 unspecified atom stereocenters. The maximum atomic E-state index is 11.9. The van der Waals surface area contributed by atoms with Gasteiger partial charge in [-0.05, 0) is 39.0 Å². The molecule has 1 aromatic carbocycles. The van der Waals surface area contributed by atoms with E-state index < -0.39 is 0 Å². The Morgan fingerprint density at radius 1 is 1.25 bits per heavy atom. The van der Waals surface area contributed by atoms with Gasteiger partial charge in [-0.15, -0.1) is 0 Å². The number of rotatable bonds is 0. The molecule has 0 radical (unpaired) electrons. The van der Waals surface area contributed by atoms with E-state index in [9.17, 15) is 4.79 Å². The number of fused-ring (bicyclic) bond motifs is 1. The molecule has 2 aromatic rings. The molecule has 0 saturated heterocycles. The number of hydrogen-bond donors (Lipinski definition) is 0. The summed E-state index contributed by atoms with van der Waals surface area (Å²) in [5.41, 5.74) is 1.77. The lowest BCUT2D eigenvalue weighted by molar-refractivity contribution is 0.584. The Kier molecular flexibility index (Phi) is 2.66. The summed E-state index contributed by atoms with van der Waals surface area (Å²) in [6, 6.07) is 5.76. The van der Waals surface area contributed by atoms with E-state index in [1.54, 1.807) is 0 Å². The molecule has 0 saturated carbocycles. The van der Waals surface area contributed by atoms with Crippen LogP contribution in [0.5, 0.6) is 0 Å². The van der Waals surface area contributed by atoms with E-state index in [4.69, 9.17) is 4.42 Å². The van der Waals surface area contributed by atoms with Crippen LogP contribution in [0.2, 0.25) is 0 Å². The molecule has 0 spiro atoms. The van der Waals surface area contributed by atoms with Gasteiger partial charge in [-0.25, -0.2) is 0 Å². The number of hydrogen-bond acceptors (Lipinski definition) is 2. The Hall–Kier alpha value is -1.09. The smallest absolute Gasteiger partial charge is 0.206 e. The monoisotopic (exact) mass is 280 g/mol. The Morgan fingerprint density at radius 2 is 1.94 bits per heavy atom. The Morgan fingerprint density at radius 3 is 2.56 bits per heavy atom. The van der Waals surface area contributed by atoms with E-state index in [1.165, 1.54) is 6.26 Å². The first-order valence-electron chi connectivity index (χ1n) is 5.11. The summed E-state index contributed by atoms with van der Waals surface area (Å²) in [4.78, 5) is 11.9. The lowest BCUT2D eigenvalue weighted by atomic mass is 9.86. The van der Waals surface area contributed by atoms with Crippen molar-refractivity contribution in [1.82, 2.24) is 0 Å². The molecular formula is C13H13BrO2. The topological polar surface area (TPSA) is 30.2 Å². The summed E-state index contributed by atoms with van der Waals surface area (Å²) >= 11 is 3.19. The van der Waals surface area contributed by atoms with E-state index >= 15 is 0 Å². The van der Waals surface area contributed by atoms with E-state index in [0.717, 1.165) is 5.56 Å². The average Bonchev–Trinajstić information content (AvgIpc) is 2.22. The van der Waals surface area contributed by atoms with Crippen molar-refractivity contribution in [1.29, 1.82) is 0 Å². The molecule has 2 nitrogen and oxygen atoms in total. The van der Waals surface area contributed by atoms with Crippen molar-refractivity contribution in [3.8, 4) is 0 Å². The highest BCUT2D eigenvalue weighted by Crippen LogP contribution is 2.25. The van der Waals surface area contributed by atoms with Crippen molar-refractivity contribution < 1.29 is 4.42 Å². The minimum atomic E-state index is -0.0210. The highest BCUT2D eigenvalue weighted by atomic mass is 79.9. The van der Waals surface area contributed by atoms with Crippen LogP contribution in [-0.4, -0.2) is 0 Å². The second kappa shape index (κ2) is 3.74. The summed E-state index contributed by atoms with van der Waals surface area (Å²) < 4.78 is 5.81. The lowest BCUT2D eigenvalue weighted by Gasteiger charge is -2.18. The lowest BCUT2D eigenvalue weighted by Crippen LogP contribution is -2.12. The quantitative estimate of drug-likeness (QED) is 0.734. The van der Waals surface area contributed by atoms with Gasteiger partial charge in [-0.2, -0.15) is 0 Å². The van der Waals surface area contributed by atoms with Crippen LogP contribution in [0.25, 0.3) is 11.0 Å².